The van der Waals surface area contributed by atoms with Crippen LogP contribution >= 0.6 is 11.3 Å². The smallest absolute Gasteiger partial charge is 0.0900 e. The third-order valence-electron chi connectivity index (χ3n) is 4.37. The molecule has 1 saturated heterocycles. The molecule has 0 saturated carbocycles. The highest BCUT2D eigenvalue weighted by Gasteiger charge is 2.31. The number of thiazole rings is 1. The lowest BCUT2D eigenvalue weighted by Crippen LogP contribution is -2.50. The number of piperidine rings is 1. The second kappa shape index (κ2) is 5.27. The Balaban J connectivity index is 2.04. The Morgan fingerprint density at radius 3 is 2.39 bits per heavy atom. The Morgan fingerprint density at radius 1 is 1.33 bits per heavy atom. The van der Waals surface area contributed by atoms with Crippen LogP contribution in [0.15, 0.2) is 0 Å². The molecule has 2 rings (SSSR count). The first kappa shape index (κ1) is 14.0. The van der Waals surface area contributed by atoms with Gasteiger partial charge in [0.15, 0.2) is 0 Å². The zero-order valence-corrected chi connectivity index (χ0v) is 13.0. The van der Waals surface area contributed by atoms with Gasteiger partial charge in [0.25, 0.3) is 0 Å². The average molecular weight is 267 g/mol. The van der Waals surface area contributed by atoms with Gasteiger partial charge in [0.05, 0.1) is 10.7 Å². The maximum absolute atomic E-state index is 4.55. The van der Waals surface area contributed by atoms with Crippen LogP contribution in [0.3, 0.4) is 0 Å². The third-order valence-corrected chi connectivity index (χ3v) is 5.61. The molecule has 1 aliphatic rings. The lowest BCUT2D eigenvalue weighted by atomic mass is 9.89. The summed E-state index contributed by atoms with van der Waals surface area (Å²) in [5.74, 6) is 0. The molecule has 0 radical (unpaired) electrons. The van der Waals surface area contributed by atoms with Crippen LogP contribution in [0.4, 0.5) is 0 Å². The summed E-state index contributed by atoms with van der Waals surface area (Å²) < 4.78 is 0. The van der Waals surface area contributed by atoms with Gasteiger partial charge in [-0.15, -0.1) is 11.3 Å². The van der Waals surface area contributed by atoms with E-state index >= 15 is 0 Å². The first-order chi connectivity index (χ1) is 8.45. The lowest BCUT2D eigenvalue weighted by molar-refractivity contribution is 0.118. The molecule has 3 nitrogen and oxygen atoms in total. The van der Waals surface area contributed by atoms with Crippen LogP contribution in [0.1, 0.15) is 48.3 Å². The van der Waals surface area contributed by atoms with Gasteiger partial charge in [-0.25, -0.2) is 4.98 Å². The van der Waals surface area contributed by atoms with Gasteiger partial charge in [0, 0.05) is 29.5 Å². The fourth-order valence-corrected chi connectivity index (χ4v) is 3.77. The number of hydrogen-bond acceptors (Lipinski definition) is 4. The Hall–Kier alpha value is -0.450. The molecule has 0 spiro atoms. The summed E-state index contributed by atoms with van der Waals surface area (Å²) in [5.41, 5.74) is 1.54. The third kappa shape index (κ3) is 2.76. The molecular weight excluding hydrogens is 242 g/mol. The highest BCUT2D eigenvalue weighted by Crippen LogP contribution is 2.32. The predicted molar refractivity (Wildman–Crippen MR) is 78.3 cm³/mol. The van der Waals surface area contributed by atoms with Crippen LogP contribution in [0.2, 0.25) is 0 Å². The van der Waals surface area contributed by atoms with Gasteiger partial charge in [-0.3, -0.25) is 4.90 Å². The molecule has 0 bridgehead atoms. The number of rotatable bonds is 3. The minimum atomic E-state index is 0.328. The molecule has 2 heterocycles. The summed E-state index contributed by atoms with van der Waals surface area (Å²) in [6.07, 6.45) is 2.45. The van der Waals surface area contributed by atoms with Crippen molar-refractivity contribution in [2.24, 2.45) is 0 Å². The summed E-state index contributed by atoms with van der Waals surface area (Å²) in [4.78, 5) is 8.59. The van der Waals surface area contributed by atoms with Crippen LogP contribution < -0.4 is 5.32 Å². The van der Waals surface area contributed by atoms with E-state index in [0.29, 0.717) is 11.6 Å². The highest BCUT2D eigenvalue weighted by atomic mass is 32.1. The van der Waals surface area contributed by atoms with Crippen molar-refractivity contribution in [3.8, 4) is 0 Å². The quantitative estimate of drug-likeness (QED) is 0.913. The van der Waals surface area contributed by atoms with Gasteiger partial charge >= 0.3 is 0 Å². The molecule has 1 unspecified atom stereocenters. The molecule has 1 fully saturated rings. The largest absolute Gasteiger partial charge is 0.314 e. The topological polar surface area (TPSA) is 28.2 Å². The van der Waals surface area contributed by atoms with Crippen molar-refractivity contribution in [1.82, 2.24) is 15.2 Å². The van der Waals surface area contributed by atoms with Crippen LogP contribution in [0.25, 0.3) is 0 Å². The van der Waals surface area contributed by atoms with E-state index in [1.807, 2.05) is 11.3 Å². The number of aromatic nitrogens is 1. The van der Waals surface area contributed by atoms with E-state index in [-0.39, 0.29) is 0 Å². The van der Waals surface area contributed by atoms with E-state index in [0.717, 1.165) is 0 Å². The van der Waals surface area contributed by atoms with Gasteiger partial charge in [0.2, 0.25) is 0 Å². The van der Waals surface area contributed by atoms with Crippen LogP contribution in [0, 0.1) is 13.8 Å². The number of nitrogens with one attached hydrogen (secondary N) is 1. The zero-order chi connectivity index (χ0) is 13.3. The monoisotopic (exact) mass is 267 g/mol. The Kier molecular flexibility index (Phi) is 4.09. The summed E-state index contributed by atoms with van der Waals surface area (Å²) in [5, 5.41) is 4.65. The molecule has 0 aromatic carbocycles. The summed E-state index contributed by atoms with van der Waals surface area (Å²) in [7, 11) is 2.08. The molecule has 18 heavy (non-hydrogen) atoms. The average Bonchev–Trinajstić information content (AvgIpc) is 2.69. The molecule has 1 N–H and O–H groups in total. The molecule has 1 aliphatic heterocycles. The molecule has 102 valence electrons. The second-order valence-corrected chi connectivity index (χ2v) is 6.94. The van der Waals surface area contributed by atoms with E-state index in [9.17, 15) is 0 Å². The Morgan fingerprint density at radius 2 is 1.94 bits per heavy atom. The van der Waals surface area contributed by atoms with Gasteiger partial charge in [-0.05, 0) is 47.6 Å². The molecule has 4 heteroatoms. The van der Waals surface area contributed by atoms with Gasteiger partial charge < -0.3 is 5.32 Å². The Labute approximate surface area is 115 Å². The Bertz CT molecular complexity index is 405. The summed E-state index contributed by atoms with van der Waals surface area (Å²) in [6, 6.07) is 0.512. The van der Waals surface area contributed by atoms with Gasteiger partial charge in [-0.1, -0.05) is 0 Å². The van der Waals surface area contributed by atoms with Crippen molar-refractivity contribution in [3.63, 3.8) is 0 Å². The van der Waals surface area contributed by atoms with Crippen LogP contribution in [-0.4, -0.2) is 35.6 Å². The lowest BCUT2D eigenvalue weighted by Gasteiger charge is -2.41. The zero-order valence-electron chi connectivity index (χ0n) is 12.2. The maximum atomic E-state index is 4.55. The number of aryl methyl sites for hydroxylation is 2. The minimum Gasteiger partial charge on any atom is -0.314 e. The molecule has 0 amide bonds. The van der Waals surface area contributed by atoms with E-state index in [2.05, 4.69) is 49.9 Å². The van der Waals surface area contributed by atoms with Crippen LogP contribution in [0.5, 0.6) is 0 Å². The minimum absolute atomic E-state index is 0.328. The fraction of sp³-hybridized carbons (Fsp3) is 0.786. The SMILES string of the molecule is CNC1(C)CCN(C(C)c2sc(C)nc2C)CC1. The van der Waals surface area contributed by atoms with E-state index < -0.39 is 0 Å². The van der Waals surface area contributed by atoms with Crippen molar-refractivity contribution >= 4 is 11.3 Å². The number of nitrogens with zero attached hydrogens (tertiary/aromatic N) is 2. The molecule has 1 aromatic heterocycles. The van der Waals surface area contributed by atoms with Crippen molar-refractivity contribution < 1.29 is 0 Å². The van der Waals surface area contributed by atoms with E-state index in [1.54, 1.807) is 0 Å². The van der Waals surface area contributed by atoms with Crippen molar-refractivity contribution in [3.05, 3.63) is 15.6 Å². The molecule has 1 aromatic rings. The van der Waals surface area contributed by atoms with Crippen molar-refractivity contribution in [2.45, 2.75) is 52.1 Å². The summed E-state index contributed by atoms with van der Waals surface area (Å²) >= 11 is 1.85. The number of likely N-dealkylation sites (tertiary alicyclic amines) is 1. The first-order valence-corrected chi connectivity index (χ1v) is 7.64. The maximum Gasteiger partial charge on any atom is 0.0900 e. The van der Waals surface area contributed by atoms with Crippen molar-refractivity contribution in [1.29, 1.82) is 0 Å². The van der Waals surface area contributed by atoms with Crippen molar-refractivity contribution in [2.75, 3.05) is 20.1 Å². The first-order valence-electron chi connectivity index (χ1n) is 6.82. The van der Waals surface area contributed by atoms with Crippen LogP contribution in [-0.2, 0) is 0 Å². The second-order valence-electron chi connectivity index (χ2n) is 5.71. The molecule has 1 atom stereocenters. The predicted octanol–water partition coefficient (Wildman–Crippen LogP) is 2.89. The van der Waals surface area contributed by atoms with Gasteiger partial charge in [0.1, 0.15) is 0 Å². The molecule has 0 aliphatic carbocycles. The normalized spacial score (nSPS) is 22.1. The molecular formula is C14H25N3S. The summed E-state index contributed by atoms with van der Waals surface area (Å²) in [6.45, 7) is 11.2. The van der Waals surface area contributed by atoms with E-state index in [4.69, 9.17) is 0 Å². The van der Waals surface area contributed by atoms with E-state index in [1.165, 1.54) is 41.5 Å². The van der Waals surface area contributed by atoms with Gasteiger partial charge in [-0.2, -0.15) is 0 Å². The standard InChI is InChI=1S/C14H25N3S/c1-10-13(18-12(3)16-10)11(2)17-8-6-14(4,15-5)7-9-17/h11,15H,6-9H2,1-5H3. The highest BCUT2D eigenvalue weighted by molar-refractivity contribution is 7.11. The fourth-order valence-electron chi connectivity index (χ4n) is 2.76. The number of hydrogen-bond donors (Lipinski definition) is 1.